The van der Waals surface area contributed by atoms with Crippen molar-refractivity contribution in [3.63, 3.8) is 0 Å². The maximum atomic E-state index is 13.0. The van der Waals surface area contributed by atoms with Gasteiger partial charge in [0.05, 0.1) is 12.4 Å². The molecule has 0 radical (unpaired) electrons. The van der Waals surface area contributed by atoms with E-state index < -0.39 is 23.0 Å². The summed E-state index contributed by atoms with van der Waals surface area (Å²) in [6, 6.07) is 0. The van der Waals surface area contributed by atoms with E-state index >= 15 is 0 Å². The number of nitrogens with one attached hydrogen (secondary N) is 3. The summed E-state index contributed by atoms with van der Waals surface area (Å²) in [6.45, 7) is 10.6. The lowest BCUT2D eigenvalue weighted by atomic mass is 9.89. The number of aromatic nitrogens is 4. The van der Waals surface area contributed by atoms with E-state index in [0.29, 0.717) is 0 Å². The molecule has 19 heteroatoms. The normalized spacial score (nSPS) is 21.4. The zero-order chi connectivity index (χ0) is 31.7. The number of hydrogen-bond acceptors (Lipinski definition) is 17. The molecule has 2 unspecified atom stereocenters. The van der Waals surface area contributed by atoms with Crippen LogP contribution in [0.1, 0.15) is 73.9 Å². The highest BCUT2D eigenvalue weighted by Gasteiger charge is 2.44. The monoisotopic (exact) mass is 631 g/mol. The van der Waals surface area contributed by atoms with Crippen LogP contribution >= 0.6 is 23.9 Å². The van der Waals surface area contributed by atoms with Gasteiger partial charge in [-0.25, -0.2) is 39.5 Å². The number of rotatable bonds is 10. The van der Waals surface area contributed by atoms with Gasteiger partial charge in [0.15, 0.2) is 23.1 Å². The van der Waals surface area contributed by atoms with Crippen LogP contribution in [-0.2, 0) is 19.3 Å². The lowest BCUT2D eigenvalue weighted by Gasteiger charge is -2.21. The average molecular weight is 632 g/mol. The minimum Gasteiger partial charge on any atom is -0.329 e. The third-order valence-corrected chi connectivity index (χ3v) is 8.04. The van der Waals surface area contributed by atoms with Gasteiger partial charge in [-0.3, -0.25) is 19.9 Å². The quantitative estimate of drug-likeness (QED) is 0.174. The Bertz CT molecular complexity index is 1450. The van der Waals surface area contributed by atoms with Gasteiger partial charge in [0, 0.05) is 5.64 Å². The summed E-state index contributed by atoms with van der Waals surface area (Å²) in [5.41, 5.74) is -1.30. The van der Waals surface area contributed by atoms with E-state index in [4.69, 9.17) is 20.0 Å². The summed E-state index contributed by atoms with van der Waals surface area (Å²) in [5, 5.41) is 16.7. The minimum atomic E-state index is -1.14. The van der Waals surface area contributed by atoms with Crippen molar-refractivity contribution in [2.24, 2.45) is 32.1 Å². The third-order valence-electron chi connectivity index (χ3n) is 7.17. The van der Waals surface area contributed by atoms with E-state index in [2.05, 4.69) is 40.6 Å². The molecular formula is C24H29N11O6S2. The smallest absolute Gasteiger partial charge is 0.329 e. The Kier molecular flexibility index (Phi) is 9.11. The molecule has 0 saturated carbocycles. The van der Waals surface area contributed by atoms with Gasteiger partial charge in [0.2, 0.25) is 0 Å². The number of aliphatic imine (C=N–C) groups is 2. The van der Waals surface area contributed by atoms with Crippen LogP contribution in [0.3, 0.4) is 0 Å². The SMILES string of the molecule is CC(C)C1(C)N=C(c2ncc(SN)nc2C(=O)ONOC(=O)c2nc(SN)cnc2C2=NC(C)(C(C)C)C(=O)N2)NC1=O. The van der Waals surface area contributed by atoms with Crippen LogP contribution in [0, 0.1) is 11.8 Å². The maximum absolute atomic E-state index is 13.0. The zero-order valence-electron chi connectivity index (χ0n) is 23.9. The second kappa shape index (κ2) is 12.3. The van der Waals surface area contributed by atoms with Gasteiger partial charge >= 0.3 is 11.9 Å². The number of carbonyl (C=O) groups excluding carboxylic acids is 4. The molecule has 2 atom stereocenters. The van der Waals surface area contributed by atoms with Gasteiger partial charge in [-0.15, -0.1) is 0 Å². The number of hydrogen-bond donors (Lipinski definition) is 5. The van der Waals surface area contributed by atoms with E-state index in [1.165, 1.54) is 12.4 Å². The molecule has 2 aliphatic rings. The molecule has 2 amide bonds. The summed E-state index contributed by atoms with van der Waals surface area (Å²) in [7, 11) is 0. The van der Waals surface area contributed by atoms with Gasteiger partial charge < -0.3 is 20.3 Å². The fourth-order valence-corrected chi connectivity index (χ4v) is 4.30. The molecule has 17 nitrogen and oxygen atoms in total. The van der Waals surface area contributed by atoms with Crippen LogP contribution in [0.4, 0.5) is 0 Å². The number of amidine groups is 2. The molecule has 0 spiro atoms. The summed E-state index contributed by atoms with van der Waals surface area (Å²) in [6.07, 6.45) is 2.59. The van der Waals surface area contributed by atoms with E-state index in [1.54, 1.807) is 13.8 Å². The van der Waals surface area contributed by atoms with Gasteiger partial charge in [-0.2, -0.15) is 0 Å². The van der Waals surface area contributed by atoms with Crippen molar-refractivity contribution in [3.05, 3.63) is 35.2 Å². The number of carbonyl (C=O) groups is 4. The topological polar surface area (TPSA) is 251 Å². The van der Waals surface area contributed by atoms with Crippen molar-refractivity contribution in [2.75, 3.05) is 0 Å². The van der Waals surface area contributed by atoms with Crippen molar-refractivity contribution in [2.45, 2.75) is 62.7 Å². The van der Waals surface area contributed by atoms with Crippen molar-refractivity contribution >= 4 is 59.3 Å². The van der Waals surface area contributed by atoms with Gasteiger partial charge in [0.25, 0.3) is 11.8 Å². The molecule has 0 aliphatic carbocycles. The summed E-state index contributed by atoms with van der Waals surface area (Å²) < 4.78 is 0. The van der Waals surface area contributed by atoms with Crippen molar-refractivity contribution in [1.82, 2.24) is 36.2 Å². The Morgan fingerprint density at radius 3 is 1.47 bits per heavy atom. The van der Waals surface area contributed by atoms with E-state index in [0.717, 1.165) is 23.9 Å². The molecule has 7 N–H and O–H groups in total. The predicted molar refractivity (Wildman–Crippen MR) is 154 cm³/mol. The Morgan fingerprint density at radius 1 is 0.791 bits per heavy atom. The molecular weight excluding hydrogens is 602 g/mol. The van der Waals surface area contributed by atoms with Crippen LogP contribution in [0.25, 0.3) is 0 Å². The highest BCUT2D eigenvalue weighted by Crippen LogP contribution is 2.28. The molecule has 0 bridgehead atoms. The second-order valence-corrected chi connectivity index (χ2v) is 11.7. The predicted octanol–water partition coefficient (Wildman–Crippen LogP) is 0.214. The standard InChI is InChI=1S/C24H29N11O6S2/c1-9(2)23(5)21(38)31-17(33-23)13-15(29-11(42-25)7-27-13)19(36)40-35-41-20(37)16-14(28-8-12(30-16)43-26)18-32-22(39)24(6,34-18)10(3)4/h7-10,35H,25-26H2,1-6H3,(H,31,33,38)(H,32,34,39). The highest BCUT2D eigenvalue weighted by atomic mass is 32.2. The van der Waals surface area contributed by atoms with Crippen molar-refractivity contribution in [1.29, 1.82) is 0 Å². The Hall–Kier alpha value is -4.04. The number of amides is 2. The summed E-state index contributed by atoms with van der Waals surface area (Å²) in [4.78, 5) is 86.6. The first-order chi connectivity index (χ1) is 20.2. The zero-order valence-corrected chi connectivity index (χ0v) is 25.5. The Labute approximate surface area is 254 Å². The van der Waals surface area contributed by atoms with Gasteiger partial charge in [-0.1, -0.05) is 27.7 Å². The van der Waals surface area contributed by atoms with Crippen molar-refractivity contribution in [3.8, 4) is 0 Å². The minimum absolute atomic E-state index is 0.00927. The van der Waals surface area contributed by atoms with E-state index in [-0.39, 0.29) is 68.1 Å². The number of nitrogens with zero attached hydrogens (tertiary/aromatic N) is 6. The van der Waals surface area contributed by atoms with Crippen LogP contribution in [0.5, 0.6) is 0 Å². The third kappa shape index (κ3) is 6.07. The summed E-state index contributed by atoms with van der Waals surface area (Å²) >= 11 is 1.44. The molecule has 0 saturated heterocycles. The second-order valence-electron chi connectivity index (χ2n) is 10.3. The molecule has 2 aliphatic heterocycles. The fourth-order valence-electron chi connectivity index (χ4n) is 3.78. The van der Waals surface area contributed by atoms with Crippen LogP contribution in [0.15, 0.2) is 32.4 Å². The highest BCUT2D eigenvalue weighted by molar-refractivity contribution is 7.97. The summed E-state index contributed by atoms with van der Waals surface area (Å²) in [5.74, 6) is -3.35. The average Bonchev–Trinajstić information content (AvgIpc) is 3.47. The maximum Gasteiger partial charge on any atom is 0.380 e. The Balaban J connectivity index is 1.55. The largest absolute Gasteiger partial charge is 0.380 e. The molecule has 43 heavy (non-hydrogen) atoms. The molecule has 0 aromatic carbocycles. The molecule has 4 heterocycles. The molecule has 228 valence electrons. The van der Waals surface area contributed by atoms with E-state index in [9.17, 15) is 19.2 Å². The van der Waals surface area contributed by atoms with Crippen molar-refractivity contribution < 1.29 is 28.9 Å². The van der Waals surface area contributed by atoms with Gasteiger partial charge in [0.1, 0.15) is 32.5 Å². The van der Waals surface area contributed by atoms with E-state index in [1.807, 2.05) is 33.3 Å². The first-order valence-corrected chi connectivity index (χ1v) is 14.5. The molecule has 4 rings (SSSR count). The molecule has 0 fully saturated rings. The molecule has 2 aromatic rings. The molecule has 2 aromatic heterocycles. The van der Waals surface area contributed by atoms with Crippen LogP contribution in [0.2, 0.25) is 0 Å². The lowest BCUT2D eigenvalue weighted by Crippen LogP contribution is -2.41. The van der Waals surface area contributed by atoms with Crippen LogP contribution < -0.4 is 26.6 Å². The Morgan fingerprint density at radius 2 is 1.16 bits per heavy atom. The fraction of sp³-hybridized carbons (Fsp3) is 0.417. The first-order valence-electron chi connectivity index (χ1n) is 12.7. The van der Waals surface area contributed by atoms with Crippen LogP contribution in [-0.4, -0.2) is 66.4 Å². The number of nitrogens with two attached hydrogens (primary N) is 2. The first kappa shape index (κ1) is 31.9. The van der Waals surface area contributed by atoms with Gasteiger partial charge in [-0.05, 0) is 49.6 Å². The lowest BCUT2D eigenvalue weighted by molar-refractivity contribution is -0.125.